The first kappa shape index (κ1) is 21.1. The standard InChI is InChI=1S/C23H21ClO4S/c1-16-3-13-21(14-4-16)29(26,27)23(18-7-11-20(28-2)12-8-18)15-22(25)17-5-9-19(24)10-6-17/h3-14,23H,15H2,1-2H3. The van der Waals surface area contributed by atoms with E-state index in [1.807, 2.05) is 6.92 Å². The molecular weight excluding hydrogens is 408 g/mol. The maximum atomic E-state index is 13.4. The molecular formula is C23H21ClO4S. The smallest absolute Gasteiger partial charge is 0.185 e. The van der Waals surface area contributed by atoms with E-state index in [0.29, 0.717) is 21.9 Å². The van der Waals surface area contributed by atoms with E-state index in [4.69, 9.17) is 16.3 Å². The summed E-state index contributed by atoms with van der Waals surface area (Å²) in [6.45, 7) is 1.89. The molecule has 29 heavy (non-hydrogen) atoms. The summed E-state index contributed by atoms with van der Waals surface area (Å²) in [6, 6.07) is 19.9. The zero-order chi connectivity index (χ0) is 21.0. The van der Waals surface area contributed by atoms with Crippen molar-refractivity contribution >= 4 is 27.2 Å². The molecule has 0 radical (unpaired) electrons. The number of halogens is 1. The lowest BCUT2D eigenvalue weighted by molar-refractivity contribution is 0.0980. The Hall–Kier alpha value is -2.63. The Morgan fingerprint density at radius 1 is 0.931 bits per heavy atom. The van der Waals surface area contributed by atoms with Crippen molar-refractivity contribution in [3.05, 3.63) is 94.5 Å². The summed E-state index contributed by atoms with van der Waals surface area (Å²) in [5, 5.41) is -0.500. The molecule has 0 amide bonds. The number of benzene rings is 3. The van der Waals surface area contributed by atoms with Crippen LogP contribution in [0.5, 0.6) is 5.75 Å². The van der Waals surface area contributed by atoms with Crippen molar-refractivity contribution in [2.75, 3.05) is 7.11 Å². The fraction of sp³-hybridized carbons (Fsp3) is 0.174. The van der Waals surface area contributed by atoms with Gasteiger partial charge in [0.05, 0.1) is 17.3 Å². The molecule has 0 aliphatic carbocycles. The monoisotopic (exact) mass is 428 g/mol. The zero-order valence-electron chi connectivity index (χ0n) is 16.1. The molecule has 0 saturated carbocycles. The van der Waals surface area contributed by atoms with Gasteiger partial charge in [-0.05, 0) is 61.0 Å². The van der Waals surface area contributed by atoms with Crippen molar-refractivity contribution in [3.8, 4) is 5.75 Å². The molecule has 0 aliphatic rings. The van der Waals surface area contributed by atoms with Gasteiger partial charge in [0.2, 0.25) is 0 Å². The second kappa shape index (κ2) is 8.80. The highest BCUT2D eigenvalue weighted by atomic mass is 35.5. The zero-order valence-corrected chi connectivity index (χ0v) is 17.7. The second-order valence-corrected chi connectivity index (χ2v) is 9.32. The number of carbonyl (C=O) groups is 1. The summed E-state index contributed by atoms with van der Waals surface area (Å²) < 4.78 is 32.0. The number of Topliss-reactive ketones (excluding diaryl/α,β-unsaturated/α-hetero) is 1. The van der Waals surface area contributed by atoms with Gasteiger partial charge in [0.1, 0.15) is 5.75 Å². The molecule has 3 aromatic rings. The molecule has 0 aromatic heterocycles. The highest BCUT2D eigenvalue weighted by Crippen LogP contribution is 2.34. The summed E-state index contributed by atoms with van der Waals surface area (Å²) in [6.07, 6.45) is -0.176. The van der Waals surface area contributed by atoms with E-state index in [1.54, 1.807) is 79.9 Å². The second-order valence-electron chi connectivity index (χ2n) is 6.75. The van der Waals surface area contributed by atoms with E-state index in [0.717, 1.165) is 5.56 Å². The van der Waals surface area contributed by atoms with E-state index in [2.05, 4.69) is 0 Å². The van der Waals surface area contributed by atoms with Gasteiger partial charge < -0.3 is 4.74 Å². The maximum absolute atomic E-state index is 13.4. The summed E-state index contributed by atoms with van der Waals surface area (Å²) in [5.74, 6) is 0.349. The van der Waals surface area contributed by atoms with Crippen molar-refractivity contribution in [3.63, 3.8) is 0 Å². The fourth-order valence-electron chi connectivity index (χ4n) is 3.04. The van der Waals surface area contributed by atoms with Crippen LogP contribution in [0.2, 0.25) is 5.02 Å². The molecule has 6 heteroatoms. The minimum atomic E-state index is -3.79. The topological polar surface area (TPSA) is 60.4 Å². The van der Waals surface area contributed by atoms with Gasteiger partial charge in [0.25, 0.3) is 0 Å². The predicted octanol–water partition coefficient (Wildman–Crippen LogP) is 5.45. The molecule has 0 heterocycles. The van der Waals surface area contributed by atoms with Crippen LogP contribution >= 0.6 is 11.6 Å². The lowest BCUT2D eigenvalue weighted by Crippen LogP contribution is -2.18. The van der Waals surface area contributed by atoms with Crippen LogP contribution in [-0.4, -0.2) is 21.3 Å². The molecule has 1 unspecified atom stereocenters. The number of aryl methyl sites for hydroxylation is 1. The molecule has 3 rings (SSSR count). The molecule has 0 spiro atoms. The molecule has 0 N–H and O–H groups in total. The van der Waals surface area contributed by atoms with Crippen LogP contribution in [0.4, 0.5) is 0 Å². The number of ketones is 1. The van der Waals surface area contributed by atoms with Crippen molar-refractivity contribution < 1.29 is 17.9 Å². The van der Waals surface area contributed by atoms with Gasteiger partial charge in [-0.1, -0.05) is 41.4 Å². The SMILES string of the molecule is COc1ccc(C(CC(=O)c2ccc(Cl)cc2)S(=O)(=O)c2ccc(C)cc2)cc1. The Balaban J connectivity index is 2.01. The van der Waals surface area contributed by atoms with E-state index in [9.17, 15) is 13.2 Å². The normalized spacial score (nSPS) is 12.4. The number of ether oxygens (including phenoxy) is 1. The quantitative estimate of drug-likeness (QED) is 0.470. The van der Waals surface area contributed by atoms with Crippen LogP contribution in [0, 0.1) is 6.92 Å². The van der Waals surface area contributed by atoms with Crippen LogP contribution in [0.3, 0.4) is 0 Å². The lowest BCUT2D eigenvalue weighted by atomic mass is 10.0. The van der Waals surface area contributed by atoms with Crippen LogP contribution in [0.15, 0.2) is 77.7 Å². The Labute approximate surface area is 176 Å². The molecule has 0 bridgehead atoms. The van der Waals surface area contributed by atoms with E-state index < -0.39 is 15.1 Å². The third kappa shape index (κ3) is 4.86. The van der Waals surface area contributed by atoms with Crippen molar-refractivity contribution in [1.29, 1.82) is 0 Å². The van der Waals surface area contributed by atoms with Crippen LogP contribution in [0.25, 0.3) is 0 Å². The molecule has 1 atom stereocenters. The third-order valence-corrected chi connectivity index (χ3v) is 7.12. The molecule has 150 valence electrons. The Kier molecular flexibility index (Phi) is 6.40. The van der Waals surface area contributed by atoms with Gasteiger partial charge in [-0.25, -0.2) is 8.42 Å². The molecule has 0 saturated heterocycles. The minimum Gasteiger partial charge on any atom is -0.497 e. The van der Waals surface area contributed by atoms with Gasteiger partial charge >= 0.3 is 0 Å². The number of methoxy groups -OCH3 is 1. The first-order valence-electron chi connectivity index (χ1n) is 9.04. The largest absolute Gasteiger partial charge is 0.497 e. The average Bonchev–Trinajstić information content (AvgIpc) is 2.72. The summed E-state index contributed by atoms with van der Waals surface area (Å²) in [7, 11) is -2.25. The summed E-state index contributed by atoms with van der Waals surface area (Å²) >= 11 is 5.89. The predicted molar refractivity (Wildman–Crippen MR) is 114 cm³/mol. The number of hydrogen-bond acceptors (Lipinski definition) is 4. The molecule has 3 aromatic carbocycles. The fourth-order valence-corrected chi connectivity index (χ4v) is 4.90. The van der Waals surface area contributed by atoms with Crippen LogP contribution in [-0.2, 0) is 9.84 Å². The van der Waals surface area contributed by atoms with Gasteiger partial charge in [0, 0.05) is 17.0 Å². The maximum Gasteiger partial charge on any atom is 0.185 e. The molecule has 0 fully saturated rings. The van der Waals surface area contributed by atoms with Gasteiger partial charge in [-0.2, -0.15) is 0 Å². The van der Waals surface area contributed by atoms with Gasteiger partial charge in [-0.15, -0.1) is 0 Å². The Bertz CT molecular complexity index is 1090. The van der Waals surface area contributed by atoms with Crippen molar-refractivity contribution in [1.82, 2.24) is 0 Å². The molecule has 4 nitrogen and oxygen atoms in total. The molecule has 0 aliphatic heterocycles. The number of carbonyl (C=O) groups excluding carboxylic acids is 1. The lowest BCUT2D eigenvalue weighted by Gasteiger charge is -2.18. The number of hydrogen-bond donors (Lipinski definition) is 0. The average molecular weight is 429 g/mol. The Morgan fingerprint density at radius 3 is 2.07 bits per heavy atom. The van der Waals surface area contributed by atoms with Crippen LogP contribution < -0.4 is 4.74 Å². The van der Waals surface area contributed by atoms with Crippen LogP contribution in [0.1, 0.15) is 33.2 Å². The van der Waals surface area contributed by atoms with E-state index in [-0.39, 0.29) is 17.1 Å². The van der Waals surface area contributed by atoms with E-state index >= 15 is 0 Å². The Morgan fingerprint density at radius 2 is 1.52 bits per heavy atom. The van der Waals surface area contributed by atoms with Crippen molar-refractivity contribution in [2.45, 2.75) is 23.5 Å². The summed E-state index contributed by atoms with van der Waals surface area (Å²) in [5.41, 5.74) is 1.92. The van der Waals surface area contributed by atoms with Gasteiger partial charge in [-0.3, -0.25) is 4.79 Å². The van der Waals surface area contributed by atoms with Crippen molar-refractivity contribution in [2.24, 2.45) is 0 Å². The third-order valence-electron chi connectivity index (χ3n) is 4.75. The number of sulfone groups is 1. The summed E-state index contributed by atoms with van der Waals surface area (Å²) in [4.78, 5) is 13.1. The number of rotatable bonds is 7. The van der Waals surface area contributed by atoms with E-state index in [1.165, 1.54) is 0 Å². The highest BCUT2D eigenvalue weighted by molar-refractivity contribution is 7.91. The highest BCUT2D eigenvalue weighted by Gasteiger charge is 2.31. The first-order chi connectivity index (χ1) is 13.8. The minimum absolute atomic E-state index is 0.176. The first-order valence-corrected chi connectivity index (χ1v) is 11.0. The van der Waals surface area contributed by atoms with Gasteiger partial charge in [0.15, 0.2) is 15.6 Å².